The first kappa shape index (κ1) is 18.9. The molecule has 2 fully saturated rings. The topological polar surface area (TPSA) is 59.0 Å². The summed E-state index contributed by atoms with van der Waals surface area (Å²) in [6.45, 7) is 3.94. The number of hydrogen-bond donors (Lipinski definition) is 1. The number of rotatable bonds is 4. The summed E-state index contributed by atoms with van der Waals surface area (Å²) < 4.78 is 11.8. The molecular formula is C22H28N4O2. The molecule has 1 aromatic heterocycles. The zero-order valence-electron chi connectivity index (χ0n) is 16.4. The molecule has 6 nitrogen and oxygen atoms in total. The highest BCUT2D eigenvalue weighted by molar-refractivity contribution is 5.80. The van der Waals surface area contributed by atoms with Crippen LogP contribution in [0.5, 0.6) is 0 Å². The summed E-state index contributed by atoms with van der Waals surface area (Å²) in [6.07, 6.45) is 4.39. The Morgan fingerprint density at radius 2 is 2.11 bits per heavy atom. The van der Waals surface area contributed by atoms with Crippen LogP contribution in [0.25, 0.3) is 11.3 Å². The number of hydrogen-bond acceptors (Lipinski definition) is 4. The van der Waals surface area contributed by atoms with Gasteiger partial charge in [0, 0.05) is 45.0 Å². The number of pyridine rings is 1. The summed E-state index contributed by atoms with van der Waals surface area (Å²) in [5.74, 6) is 0.912. The molecule has 1 N–H and O–H groups in total. The van der Waals surface area contributed by atoms with Crippen molar-refractivity contribution in [3.8, 4) is 11.3 Å². The third-order valence-electron chi connectivity index (χ3n) is 5.32. The number of aliphatic imine (C=N–C) groups is 1. The molecule has 148 valence electrons. The molecule has 28 heavy (non-hydrogen) atoms. The molecule has 0 bridgehead atoms. The Morgan fingerprint density at radius 3 is 2.89 bits per heavy atom. The smallest absolute Gasteiger partial charge is 0.194 e. The molecule has 4 rings (SSSR count). The fourth-order valence-electron chi connectivity index (χ4n) is 3.88. The van der Waals surface area contributed by atoms with E-state index in [0.29, 0.717) is 6.61 Å². The van der Waals surface area contributed by atoms with Crippen molar-refractivity contribution >= 4 is 5.96 Å². The van der Waals surface area contributed by atoms with Gasteiger partial charge in [-0.05, 0) is 36.6 Å². The van der Waals surface area contributed by atoms with Crippen molar-refractivity contribution in [2.24, 2.45) is 4.99 Å². The highest BCUT2D eigenvalue weighted by atomic mass is 16.5. The van der Waals surface area contributed by atoms with E-state index in [1.807, 2.05) is 31.4 Å². The molecule has 2 aliphatic rings. The van der Waals surface area contributed by atoms with Gasteiger partial charge in [-0.25, -0.2) is 0 Å². The first-order chi connectivity index (χ1) is 13.8. The number of nitrogens with zero attached hydrogens (tertiary/aromatic N) is 3. The van der Waals surface area contributed by atoms with Gasteiger partial charge in [0.25, 0.3) is 0 Å². The molecule has 0 saturated carbocycles. The van der Waals surface area contributed by atoms with Crippen LogP contribution in [0.15, 0.2) is 53.7 Å². The number of morpholine rings is 1. The minimum Gasteiger partial charge on any atom is -0.375 e. The number of aromatic nitrogens is 1. The highest BCUT2D eigenvalue weighted by Gasteiger charge is 2.32. The molecule has 0 amide bonds. The van der Waals surface area contributed by atoms with Crippen LogP contribution in [-0.2, 0) is 16.0 Å². The molecule has 0 radical (unpaired) electrons. The molecule has 1 aromatic carbocycles. The number of benzene rings is 1. The first-order valence-corrected chi connectivity index (χ1v) is 10.0. The number of nitrogens with one attached hydrogen (secondary N) is 1. The summed E-state index contributed by atoms with van der Waals surface area (Å²) in [4.78, 5) is 11.2. The average Bonchev–Trinajstić information content (AvgIpc) is 3.30. The van der Waals surface area contributed by atoms with Crippen LogP contribution in [0.4, 0.5) is 0 Å². The quantitative estimate of drug-likeness (QED) is 0.653. The molecule has 2 aliphatic heterocycles. The average molecular weight is 380 g/mol. The Morgan fingerprint density at radius 1 is 1.18 bits per heavy atom. The predicted octanol–water partition coefficient (Wildman–Crippen LogP) is 2.70. The van der Waals surface area contributed by atoms with E-state index in [2.05, 4.69) is 44.5 Å². The van der Waals surface area contributed by atoms with Gasteiger partial charge < -0.3 is 19.7 Å². The van der Waals surface area contributed by atoms with E-state index in [-0.39, 0.29) is 12.2 Å². The molecule has 2 saturated heterocycles. The zero-order valence-corrected chi connectivity index (χ0v) is 16.4. The Kier molecular flexibility index (Phi) is 6.19. The van der Waals surface area contributed by atoms with Crippen molar-refractivity contribution < 1.29 is 9.47 Å². The molecule has 6 heteroatoms. The Hall–Kier alpha value is -2.44. The van der Waals surface area contributed by atoms with Gasteiger partial charge in [-0.1, -0.05) is 24.3 Å². The van der Waals surface area contributed by atoms with Gasteiger partial charge >= 0.3 is 0 Å². The van der Waals surface area contributed by atoms with E-state index in [4.69, 9.17) is 9.47 Å². The number of guanidine groups is 1. The monoisotopic (exact) mass is 380 g/mol. The summed E-state index contributed by atoms with van der Waals surface area (Å²) in [5, 5.41) is 3.50. The normalized spacial score (nSPS) is 23.0. The van der Waals surface area contributed by atoms with Crippen molar-refractivity contribution in [1.82, 2.24) is 15.2 Å². The molecule has 2 unspecified atom stereocenters. The Balaban J connectivity index is 1.38. The summed E-state index contributed by atoms with van der Waals surface area (Å²) in [6, 6.07) is 14.5. The molecule has 2 aromatic rings. The van der Waals surface area contributed by atoms with E-state index in [9.17, 15) is 0 Å². The summed E-state index contributed by atoms with van der Waals surface area (Å²) in [7, 11) is 1.84. The van der Waals surface area contributed by atoms with Crippen LogP contribution in [-0.4, -0.2) is 61.4 Å². The standard InChI is InChI=1S/C22H28N4O2/c1-23-22(26-11-13-28-21(16-26)20-9-5-12-27-20)25-15-17-6-4-7-18(14-17)19-8-2-3-10-24-19/h2-4,6-8,10,14,20-21H,5,9,11-13,15-16H2,1H3,(H,23,25). The maximum atomic E-state index is 5.96. The van der Waals surface area contributed by atoms with E-state index in [1.165, 1.54) is 5.56 Å². The highest BCUT2D eigenvalue weighted by Crippen LogP contribution is 2.21. The second kappa shape index (κ2) is 9.17. The molecular weight excluding hydrogens is 352 g/mol. The molecule has 0 aliphatic carbocycles. The number of ether oxygens (including phenoxy) is 2. The lowest BCUT2D eigenvalue weighted by Crippen LogP contribution is -2.53. The first-order valence-electron chi connectivity index (χ1n) is 10.0. The third-order valence-corrected chi connectivity index (χ3v) is 5.32. The lowest BCUT2D eigenvalue weighted by molar-refractivity contribution is -0.0817. The maximum Gasteiger partial charge on any atom is 0.194 e. The van der Waals surface area contributed by atoms with Gasteiger partial charge in [0.2, 0.25) is 0 Å². The van der Waals surface area contributed by atoms with Crippen LogP contribution in [0, 0.1) is 0 Å². The third kappa shape index (κ3) is 4.51. The minimum absolute atomic E-state index is 0.127. The van der Waals surface area contributed by atoms with Crippen LogP contribution >= 0.6 is 0 Å². The molecule has 3 heterocycles. The van der Waals surface area contributed by atoms with Crippen molar-refractivity contribution in [3.05, 3.63) is 54.2 Å². The van der Waals surface area contributed by atoms with E-state index in [0.717, 1.165) is 56.3 Å². The lowest BCUT2D eigenvalue weighted by Gasteiger charge is -2.37. The van der Waals surface area contributed by atoms with Crippen molar-refractivity contribution in [2.75, 3.05) is 33.4 Å². The van der Waals surface area contributed by atoms with Crippen molar-refractivity contribution in [3.63, 3.8) is 0 Å². The van der Waals surface area contributed by atoms with Gasteiger partial charge in [0.15, 0.2) is 5.96 Å². The van der Waals surface area contributed by atoms with Gasteiger partial charge in [0.1, 0.15) is 6.10 Å². The summed E-state index contributed by atoms with van der Waals surface area (Å²) >= 11 is 0. The van der Waals surface area contributed by atoms with Gasteiger partial charge in [0.05, 0.1) is 18.4 Å². The fourth-order valence-corrected chi connectivity index (χ4v) is 3.88. The largest absolute Gasteiger partial charge is 0.375 e. The van der Waals surface area contributed by atoms with E-state index in [1.54, 1.807) is 0 Å². The van der Waals surface area contributed by atoms with Crippen LogP contribution in [0.2, 0.25) is 0 Å². The SMILES string of the molecule is CN=C(NCc1cccc(-c2ccccn2)c1)N1CCOC(C2CCCO2)C1. The van der Waals surface area contributed by atoms with Crippen LogP contribution < -0.4 is 5.32 Å². The summed E-state index contributed by atoms with van der Waals surface area (Å²) in [5.41, 5.74) is 3.31. The van der Waals surface area contributed by atoms with Gasteiger partial charge in [-0.2, -0.15) is 0 Å². The second-order valence-electron chi connectivity index (χ2n) is 7.22. The molecule has 0 spiro atoms. The molecule has 2 atom stereocenters. The Bertz CT molecular complexity index is 790. The minimum atomic E-state index is 0.127. The second-order valence-corrected chi connectivity index (χ2v) is 7.22. The maximum absolute atomic E-state index is 5.96. The van der Waals surface area contributed by atoms with Crippen molar-refractivity contribution in [2.45, 2.75) is 31.6 Å². The van der Waals surface area contributed by atoms with Crippen LogP contribution in [0.1, 0.15) is 18.4 Å². The van der Waals surface area contributed by atoms with Crippen LogP contribution in [0.3, 0.4) is 0 Å². The predicted molar refractivity (Wildman–Crippen MR) is 110 cm³/mol. The lowest BCUT2D eigenvalue weighted by atomic mass is 10.1. The van der Waals surface area contributed by atoms with Gasteiger partial charge in [-0.15, -0.1) is 0 Å². The van der Waals surface area contributed by atoms with E-state index >= 15 is 0 Å². The van der Waals surface area contributed by atoms with E-state index < -0.39 is 0 Å². The fraction of sp³-hybridized carbons (Fsp3) is 0.455. The van der Waals surface area contributed by atoms with Crippen molar-refractivity contribution in [1.29, 1.82) is 0 Å². The zero-order chi connectivity index (χ0) is 19.2. The van der Waals surface area contributed by atoms with Gasteiger partial charge in [-0.3, -0.25) is 9.98 Å². The Labute approximate surface area is 166 Å².